The number of nitrogens with zero attached hydrogens (tertiary/aromatic N) is 1. The lowest BCUT2D eigenvalue weighted by Gasteiger charge is -2.10. The minimum absolute atomic E-state index is 0.663. The lowest BCUT2D eigenvalue weighted by molar-refractivity contribution is 0.383. The zero-order valence-corrected chi connectivity index (χ0v) is 10.1. The van der Waals surface area contributed by atoms with Crippen LogP contribution in [0.15, 0.2) is 30.3 Å². The van der Waals surface area contributed by atoms with Gasteiger partial charge in [-0.25, -0.2) is 0 Å². The molecule has 1 radical (unpaired) electrons. The zero-order chi connectivity index (χ0) is 12.3. The number of aromatic nitrogens is 1. The third kappa shape index (κ3) is 2.53. The van der Waals surface area contributed by atoms with E-state index in [1.165, 1.54) is 0 Å². The minimum atomic E-state index is 0.663. The van der Waals surface area contributed by atoms with Crippen molar-refractivity contribution in [3.8, 4) is 23.1 Å². The van der Waals surface area contributed by atoms with Crippen molar-refractivity contribution >= 4 is 0 Å². The summed E-state index contributed by atoms with van der Waals surface area (Å²) in [6.45, 7) is 0. The standard InChI is InChI=1S/C13H14NO3/c1-14-6-4-5-13(14)17-12-8-10(15-2)7-11(9-12)16-3/h4-5,7-9H,1-3H3. The lowest BCUT2D eigenvalue weighted by Crippen LogP contribution is -1.94. The molecule has 1 heterocycles. The van der Waals surface area contributed by atoms with E-state index in [0.29, 0.717) is 23.1 Å². The first-order valence-electron chi connectivity index (χ1n) is 5.17. The first kappa shape index (κ1) is 11.4. The second kappa shape index (κ2) is 4.82. The van der Waals surface area contributed by atoms with Gasteiger partial charge in [0.05, 0.1) is 20.4 Å². The van der Waals surface area contributed by atoms with E-state index in [4.69, 9.17) is 14.2 Å². The van der Waals surface area contributed by atoms with E-state index in [2.05, 4.69) is 6.20 Å². The fourth-order valence-corrected chi connectivity index (χ4v) is 1.46. The molecule has 0 aliphatic rings. The largest absolute Gasteiger partial charge is 0.496 e. The third-order valence-corrected chi connectivity index (χ3v) is 2.37. The molecule has 1 aromatic heterocycles. The molecule has 1 aromatic carbocycles. The van der Waals surface area contributed by atoms with Crippen LogP contribution < -0.4 is 14.2 Å². The maximum Gasteiger partial charge on any atom is 0.200 e. The van der Waals surface area contributed by atoms with Gasteiger partial charge in [-0.2, -0.15) is 0 Å². The van der Waals surface area contributed by atoms with Crippen LogP contribution in [0.1, 0.15) is 0 Å². The third-order valence-electron chi connectivity index (χ3n) is 2.37. The van der Waals surface area contributed by atoms with Crippen LogP contribution in [0.3, 0.4) is 0 Å². The first-order valence-corrected chi connectivity index (χ1v) is 5.17. The summed E-state index contributed by atoms with van der Waals surface area (Å²) in [4.78, 5) is 0. The summed E-state index contributed by atoms with van der Waals surface area (Å²) < 4.78 is 17.8. The maximum absolute atomic E-state index is 5.71. The van der Waals surface area contributed by atoms with Crippen molar-refractivity contribution in [2.75, 3.05) is 14.2 Å². The van der Waals surface area contributed by atoms with Gasteiger partial charge in [-0.05, 0) is 6.07 Å². The summed E-state index contributed by atoms with van der Waals surface area (Å²) in [5.74, 6) is 2.76. The van der Waals surface area contributed by atoms with Gasteiger partial charge in [-0.1, -0.05) is 0 Å². The Morgan fingerprint density at radius 2 is 1.59 bits per heavy atom. The molecule has 0 spiro atoms. The summed E-state index contributed by atoms with van der Waals surface area (Å²) in [7, 11) is 5.08. The van der Waals surface area contributed by atoms with E-state index >= 15 is 0 Å². The molecule has 0 bridgehead atoms. The normalized spacial score (nSPS) is 10.1. The summed E-state index contributed by atoms with van der Waals surface area (Å²) in [6, 6.07) is 9.04. The number of ether oxygens (including phenoxy) is 3. The molecule has 0 aliphatic carbocycles. The highest BCUT2D eigenvalue weighted by molar-refractivity contribution is 5.43. The number of hydrogen-bond acceptors (Lipinski definition) is 3. The molecule has 0 N–H and O–H groups in total. The van der Waals surface area contributed by atoms with Gasteiger partial charge >= 0.3 is 0 Å². The van der Waals surface area contributed by atoms with Crippen molar-refractivity contribution in [1.29, 1.82) is 0 Å². The average molecular weight is 232 g/mol. The van der Waals surface area contributed by atoms with Crippen molar-refractivity contribution in [2.24, 2.45) is 7.05 Å². The molecule has 17 heavy (non-hydrogen) atoms. The number of rotatable bonds is 4. The van der Waals surface area contributed by atoms with Crippen molar-refractivity contribution in [3.63, 3.8) is 0 Å². The molecule has 0 aliphatic heterocycles. The van der Waals surface area contributed by atoms with E-state index in [1.807, 2.05) is 13.1 Å². The number of hydrogen-bond donors (Lipinski definition) is 0. The van der Waals surface area contributed by atoms with Gasteiger partial charge in [0.1, 0.15) is 17.2 Å². The predicted molar refractivity (Wildman–Crippen MR) is 63.9 cm³/mol. The highest BCUT2D eigenvalue weighted by Crippen LogP contribution is 2.30. The number of aryl methyl sites for hydroxylation is 1. The Balaban J connectivity index is 2.29. The van der Waals surface area contributed by atoms with E-state index in [-0.39, 0.29) is 0 Å². The van der Waals surface area contributed by atoms with Crippen LogP contribution in [0, 0.1) is 6.20 Å². The van der Waals surface area contributed by atoms with Crippen molar-refractivity contribution in [2.45, 2.75) is 0 Å². The Labute approximate surface area is 100 Å². The second-order valence-electron chi connectivity index (χ2n) is 3.51. The van der Waals surface area contributed by atoms with E-state index in [1.54, 1.807) is 43.1 Å². The van der Waals surface area contributed by atoms with Crippen LogP contribution in [-0.2, 0) is 7.05 Å². The molecule has 0 amide bonds. The second-order valence-corrected chi connectivity index (χ2v) is 3.51. The van der Waals surface area contributed by atoms with Gasteiger partial charge in [0.15, 0.2) is 5.88 Å². The Bertz CT molecular complexity index is 483. The molecular weight excluding hydrogens is 218 g/mol. The SMILES string of the molecule is COc1cc(OC)cc(Oc2cc[c]n2C)c1. The zero-order valence-electron chi connectivity index (χ0n) is 10.1. The summed E-state index contributed by atoms with van der Waals surface area (Å²) in [6.07, 6.45) is 2.98. The Kier molecular flexibility index (Phi) is 3.23. The predicted octanol–water partition coefficient (Wildman–Crippen LogP) is 2.63. The molecule has 0 unspecified atom stereocenters. The van der Waals surface area contributed by atoms with Crippen LogP contribution in [0.25, 0.3) is 0 Å². The summed E-state index contributed by atoms with van der Waals surface area (Å²) in [5.41, 5.74) is 0. The molecule has 0 saturated carbocycles. The van der Waals surface area contributed by atoms with E-state index < -0.39 is 0 Å². The molecule has 4 nitrogen and oxygen atoms in total. The highest BCUT2D eigenvalue weighted by atomic mass is 16.5. The lowest BCUT2D eigenvalue weighted by atomic mass is 10.3. The smallest absolute Gasteiger partial charge is 0.200 e. The number of methoxy groups -OCH3 is 2. The topological polar surface area (TPSA) is 32.6 Å². The van der Waals surface area contributed by atoms with Crippen molar-refractivity contribution < 1.29 is 14.2 Å². The highest BCUT2D eigenvalue weighted by Gasteiger charge is 2.05. The Morgan fingerprint density at radius 1 is 1.00 bits per heavy atom. The number of benzene rings is 1. The van der Waals surface area contributed by atoms with Crippen LogP contribution in [-0.4, -0.2) is 18.8 Å². The van der Waals surface area contributed by atoms with Gasteiger partial charge < -0.3 is 18.8 Å². The molecule has 4 heteroatoms. The monoisotopic (exact) mass is 232 g/mol. The molecule has 2 aromatic rings. The maximum atomic E-state index is 5.71. The first-order chi connectivity index (χ1) is 8.22. The fourth-order valence-electron chi connectivity index (χ4n) is 1.46. The van der Waals surface area contributed by atoms with Crippen LogP contribution >= 0.6 is 0 Å². The van der Waals surface area contributed by atoms with Gasteiger partial charge in [0, 0.05) is 31.3 Å². The van der Waals surface area contributed by atoms with Crippen molar-refractivity contribution in [3.05, 3.63) is 36.5 Å². The quantitative estimate of drug-likeness (QED) is 0.812. The van der Waals surface area contributed by atoms with Crippen LogP contribution in [0.4, 0.5) is 0 Å². The summed E-state index contributed by atoms with van der Waals surface area (Å²) in [5, 5.41) is 0. The van der Waals surface area contributed by atoms with Gasteiger partial charge in [-0.3, -0.25) is 0 Å². The molecule has 0 saturated heterocycles. The van der Waals surface area contributed by atoms with E-state index in [9.17, 15) is 0 Å². The van der Waals surface area contributed by atoms with Gasteiger partial charge in [0.25, 0.3) is 0 Å². The molecular formula is C13H14NO3. The minimum Gasteiger partial charge on any atom is -0.496 e. The van der Waals surface area contributed by atoms with Gasteiger partial charge in [0.2, 0.25) is 0 Å². The van der Waals surface area contributed by atoms with Gasteiger partial charge in [-0.15, -0.1) is 0 Å². The van der Waals surface area contributed by atoms with Crippen LogP contribution in [0.2, 0.25) is 0 Å². The molecule has 0 fully saturated rings. The fraction of sp³-hybridized carbons (Fsp3) is 0.231. The molecule has 0 atom stereocenters. The van der Waals surface area contributed by atoms with Crippen LogP contribution in [0.5, 0.6) is 23.1 Å². The summed E-state index contributed by atoms with van der Waals surface area (Å²) >= 11 is 0. The molecule has 89 valence electrons. The molecule has 2 rings (SSSR count). The van der Waals surface area contributed by atoms with Crippen molar-refractivity contribution in [1.82, 2.24) is 4.57 Å². The average Bonchev–Trinajstić information content (AvgIpc) is 2.74. The van der Waals surface area contributed by atoms with E-state index in [0.717, 1.165) is 0 Å². The Hall–Kier alpha value is -2.10. The Morgan fingerprint density at radius 3 is 2.06 bits per heavy atom.